The fraction of sp³-hybridized carbons (Fsp3) is 0.167. The molecule has 0 amide bonds. The maximum Gasteiger partial charge on any atom is 0.295 e. The number of rotatable bonds is 2. The molecule has 0 spiro atoms. The van der Waals surface area contributed by atoms with Gasteiger partial charge < -0.3 is 0 Å². The monoisotopic (exact) mass is 236 g/mol. The van der Waals surface area contributed by atoms with Crippen LogP contribution in [0.5, 0.6) is 0 Å². The molecule has 0 unspecified atom stereocenters. The molecule has 2 rings (SSSR count). The third-order valence-corrected chi connectivity index (χ3v) is 3.51. The van der Waals surface area contributed by atoms with Gasteiger partial charge >= 0.3 is 0 Å². The SMILES string of the molecule is CCc1cccc2cccc(S(=O)(=O)O)c12. The van der Waals surface area contributed by atoms with E-state index < -0.39 is 10.1 Å². The minimum atomic E-state index is -4.16. The standard InChI is InChI=1S/C12H12O3S/c1-2-9-5-3-6-10-7-4-8-11(12(9)10)16(13,14)15/h3-8H,2H2,1H3,(H,13,14,15). The molecule has 0 aliphatic rings. The predicted octanol–water partition coefficient (Wildman–Crippen LogP) is 2.65. The van der Waals surface area contributed by atoms with Crippen LogP contribution in [0.1, 0.15) is 12.5 Å². The molecular weight excluding hydrogens is 224 g/mol. The van der Waals surface area contributed by atoms with Crippen molar-refractivity contribution in [3.63, 3.8) is 0 Å². The maximum atomic E-state index is 11.3. The fourth-order valence-corrected chi connectivity index (χ4v) is 2.65. The summed E-state index contributed by atoms with van der Waals surface area (Å²) in [4.78, 5) is -0.0116. The van der Waals surface area contributed by atoms with E-state index in [1.54, 1.807) is 6.07 Å². The Labute approximate surface area is 94.5 Å². The van der Waals surface area contributed by atoms with Gasteiger partial charge in [0.2, 0.25) is 0 Å². The number of aryl methyl sites for hydroxylation is 1. The van der Waals surface area contributed by atoms with Gasteiger partial charge in [-0.3, -0.25) is 4.55 Å². The van der Waals surface area contributed by atoms with Crippen molar-refractivity contribution in [1.82, 2.24) is 0 Å². The third kappa shape index (κ3) is 1.81. The lowest BCUT2D eigenvalue weighted by atomic mass is 10.0. The molecular formula is C12H12O3S. The van der Waals surface area contributed by atoms with Gasteiger partial charge in [-0.25, -0.2) is 0 Å². The van der Waals surface area contributed by atoms with Crippen molar-refractivity contribution in [2.75, 3.05) is 0 Å². The van der Waals surface area contributed by atoms with Crippen molar-refractivity contribution in [1.29, 1.82) is 0 Å². The Hall–Kier alpha value is -1.39. The molecule has 0 heterocycles. The third-order valence-electron chi connectivity index (χ3n) is 2.61. The van der Waals surface area contributed by atoms with Gasteiger partial charge in [-0.15, -0.1) is 0 Å². The molecule has 4 heteroatoms. The van der Waals surface area contributed by atoms with E-state index in [1.807, 2.05) is 31.2 Å². The van der Waals surface area contributed by atoms with E-state index in [9.17, 15) is 13.0 Å². The maximum absolute atomic E-state index is 11.3. The summed E-state index contributed by atoms with van der Waals surface area (Å²) in [5.41, 5.74) is 0.922. The molecule has 84 valence electrons. The van der Waals surface area contributed by atoms with Crippen LogP contribution in [0.2, 0.25) is 0 Å². The van der Waals surface area contributed by atoms with Crippen LogP contribution in [0.15, 0.2) is 41.3 Å². The summed E-state index contributed by atoms with van der Waals surface area (Å²) in [5.74, 6) is 0. The molecule has 0 fully saturated rings. The number of hydrogen-bond donors (Lipinski definition) is 1. The molecule has 3 nitrogen and oxygen atoms in total. The second-order valence-corrected chi connectivity index (χ2v) is 4.99. The Morgan fingerprint density at radius 2 is 1.75 bits per heavy atom. The van der Waals surface area contributed by atoms with Crippen LogP contribution in [0.3, 0.4) is 0 Å². The average molecular weight is 236 g/mol. The molecule has 0 aromatic heterocycles. The summed E-state index contributed by atoms with van der Waals surface area (Å²) in [6.07, 6.45) is 0.726. The molecule has 0 bridgehead atoms. The largest absolute Gasteiger partial charge is 0.295 e. The minimum Gasteiger partial charge on any atom is -0.282 e. The first-order valence-electron chi connectivity index (χ1n) is 5.02. The van der Waals surface area contributed by atoms with Crippen molar-refractivity contribution in [3.8, 4) is 0 Å². The zero-order chi connectivity index (χ0) is 11.8. The molecule has 0 radical (unpaired) electrons. The molecule has 0 saturated heterocycles. The van der Waals surface area contributed by atoms with E-state index in [1.165, 1.54) is 6.07 Å². The van der Waals surface area contributed by atoms with Crippen LogP contribution in [0.4, 0.5) is 0 Å². The average Bonchev–Trinajstić information content (AvgIpc) is 2.26. The number of hydrogen-bond acceptors (Lipinski definition) is 2. The molecule has 2 aromatic rings. The van der Waals surface area contributed by atoms with Crippen molar-refractivity contribution in [2.24, 2.45) is 0 Å². The van der Waals surface area contributed by atoms with Crippen LogP contribution in [0, 0.1) is 0 Å². The Bertz CT molecular complexity index is 625. The van der Waals surface area contributed by atoms with Crippen molar-refractivity contribution < 1.29 is 13.0 Å². The van der Waals surface area contributed by atoms with E-state index in [2.05, 4.69) is 0 Å². The Balaban J connectivity index is 2.96. The van der Waals surface area contributed by atoms with Crippen LogP contribution in [-0.2, 0) is 16.5 Å². The van der Waals surface area contributed by atoms with Gasteiger partial charge in [0.1, 0.15) is 4.90 Å². The van der Waals surface area contributed by atoms with E-state index in [0.717, 1.165) is 17.4 Å². The Kier molecular flexibility index (Phi) is 2.69. The van der Waals surface area contributed by atoms with Gasteiger partial charge in [-0.2, -0.15) is 8.42 Å². The lowest BCUT2D eigenvalue weighted by molar-refractivity contribution is 0.484. The molecule has 0 aliphatic carbocycles. The van der Waals surface area contributed by atoms with Gasteiger partial charge in [0.05, 0.1) is 0 Å². The summed E-state index contributed by atoms with van der Waals surface area (Å²) in [7, 11) is -4.16. The lowest BCUT2D eigenvalue weighted by Gasteiger charge is -2.08. The van der Waals surface area contributed by atoms with E-state index in [4.69, 9.17) is 0 Å². The van der Waals surface area contributed by atoms with Crippen molar-refractivity contribution in [2.45, 2.75) is 18.2 Å². The molecule has 0 aliphatic heterocycles. The van der Waals surface area contributed by atoms with Crippen molar-refractivity contribution >= 4 is 20.9 Å². The first-order valence-corrected chi connectivity index (χ1v) is 6.46. The zero-order valence-corrected chi connectivity index (χ0v) is 9.66. The predicted molar refractivity (Wildman–Crippen MR) is 63.1 cm³/mol. The zero-order valence-electron chi connectivity index (χ0n) is 8.84. The fourth-order valence-electron chi connectivity index (χ4n) is 1.89. The van der Waals surface area contributed by atoms with Gasteiger partial charge in [0.25, 0.3) is 10.1 Å². The van der Waals surface area contributed by atoms with Crippen LogP contribution >= 0.6 is 0 Å². The quantitative estimate of drug-likeness (QED) is 0.815. The minimum absolute atomic E-state index is 0.0116. The molecule has 0 saturated carbocycles. The van der Waals surface area contributed by atoms with E-state index >= 15 is 0 Å². The summed E-state index contributed by atoms with van der Waals surface area (Å²) < 4.78 is 31.7. The normalized spacial score (nSPS) is 11.9. The van der Waals surface area contributed by atoms with Gasteiger partial charge in [0, 0.05) is 5.39 Å². The summed E-state index contributed by atoms with van der Waals surface area (Å²) >= 11 is 0. The molecule has 16 heavy (non-hydrogen) atoms. The Morgan fingerprint density at radius 1 is 1.12 bits per heavy atom. The van der Waals surface area contributed by atoms with Crippen LogP contribution in [0.25, 0.3) is 10.8 Å². The van der Waals surface area contributed by atoms with Crippen molar-refractivity contribution in [3.05, 3.63) is 42.0 Å². The van der Waals surface area contributed by atoms with Gasteiger partial charge in [-0.1, -0.05) is 37.3 Å². The highest BCUT2D eigenvalue weighted by Gasteiger charge is 2.15. The van der Waals surface area contributed by atoms with Gasteiger partial charge in [0.15, 0.2) is 0 Å². The number of fused-ring (bicyclic) bond motifs is 1. The van der Waals surface area contributed by atoms with E-state index in [0.29, 0.717) is 5.39 Å². The summed E-state index contributed by atoms with van der Waals surface area (Å²) in [6.45, 7) is 1.95. The second-order valence-electron chi connectivity index (χ2n) is 3.60. The van der Waals surface area contributed by atoms with E-state index in [-0.39, 0.29) is 4.90 Å². The molecule has 0 atom stereocenters. The smallest absolute Gasteiger partial charge is 0.282 e. The highest BCUT2D eigenvalue weighted by atomic mass is 32.2. The summed E-state index contributed by atoms with van der Waals surface area (Å²) in [6, 6.07) is 10.5. The van der Waals surface area contributed by atoms with Crippen LogP contribution in [-0.4, -0.2) is 13.0 Å². The first kappa shape index (κ1) is 11.1. The first-order chi connectivity index (χ1) is 7.54. The highest BCUT2D eigenvalue weighted by Crippen LogP contribution is 2.26. The lowest BCUT2D eigenvalue weighted by Crippen LogP contribution is -2.00. The molecule has 2 aromatic carbocycles. The number of benzene rings is 2. The van der Waals surface area contributed by atoms with Gasteiger partial charge in [-0.05, 0) is 23.4 Å². The van der Waals surface area contributed by atoms with Crippen LogP contribution < -0.4 is 0 Å². The summed E-state index contributed by atoms with van der Waals surface area (Å²) in [5, 5.41) is 1.45. The Morgan fingerprint density at radius 3 is 2.31 bits per heavy atom. The topological polar surface area (TPSA) is 54.4 Å². The second kappa shape index (κ2) is 3.88. The molecule has 1 N–H and O–H groups in total. The highest BCUT2D eigenvalue weighted by molar-refractivity contribution is 7.86.